The first-order valence-electron chi connectivity index (χ1n) is 6.20. The molecule has 0 aliphatic carbocycles. The maximum atomic E-state index is 9.57. The number of rotatable bonds is 3. The van der Waals surface area contributed by atoms with Crippen LogP contribution in [0.4, 0.5) is 5.82 Å². The van der Waals surface area contributed by atoms with Crippen LogP contribution in [0.25, 0.3) is 5.65 Å². The van der Waals surface area contributed by atoms with Gasteiger partial charge in [-0.2, -0.15) is 0 Å². The van der Waals surface area contributed by atoms with Crippen LogP contribution in [-0.4, -0.2) is 28.1 Å². The number of hydrogen-bond donors (Lipinski definition) is 1. The highest BCUT2D eigenvalue weighted by Crippen LogP contribution is 2.24. The summed E-state index contributed by atoms with van der Waals surface area (Å²) in [5.74, 6) is 0.860. The fourth-order valence-electron chi connectivity index (χ4n) is 2.27. The van der Waals surface area contributed by atoms with Crippen LogP contribution in [0.2, 0.25) is 0 Å². The summed E-state index contributed by atoms with van der Waals surface area (Å²) >= 11 is 0. The number of anilines is 1. The summed E-state index contributed by atoms with van der Waals surface area (Å²) < 4.78 is 1.94. The van der Waals surface area contributed by atoms with Crippen molar-refractivity contribution in [3.05, 3.63) is 30.1 Å². The Labute approximate surface area is 108 Å². The molecule has 0 atom stereocenters. The summed E-state index contributed by atoms with van der Waals surface area (Å²) in [6, 6.07) is 5.85. The first-order valence-corrected chi connectivity index (χ1v) is 6.20. The molecule has 2 heterocycles. The van der Waals surface area contributed by atoms with E-state index in [0.717, 1.165) is 23.7 Å². The van der Waals surface area contributed by atoms with Gasteiger partial charge in [0.25, 0.3) is 0 Å². The van der Waals surface area contributed by atoms with Gasteiger partial charge < -0.3 is 10.0 Å². The third-order valence-corrected chi connectivity index (χ3v) is 2.83. The third-order valence-electron chi connectivity index (χ3n) is 2.83. The topological polar surface area (TPSA) is 40.8 Å². The molecule has 0 fully saturated rings. The molecule has 0 aliphatic rings. The highest BCUT2D eigenvalue weighted by Gasteiger charge is 2.19. The zero-order valence-corrected chi connectivity index (χ0v) is 11.5. The number of aromatic nitrogens is 2. The highest BCUT2D eigenvalue weighted by atomic mass is 16.3. The molecule has 0 saturated heterocycles. The molecule has 0 unspecified atom stereocenters. The second-order valence-corrected chi connectivity index (χ2v) is 5.89. The van der Waals surface area contributed by atoms with E-state index in [1.54, 1.807) is 0 Å². The Kier molecular flexibility index (Phi) is 3.30. The van der Waals surface area contributed by atoms with Crippen LogP contribution >= 0.6 is 0 Å². The highest BCUT2D eigenvalue weighted by molar-refractivity contribution is 5.55. The number of fused-ring (bicyclic) bond motifs is 1. The number of pyridine rings is 1. The lowest BCUT2D eigenvalue weighted by Gasteiger charge is -2.27. The SMILES string of the molecule is CN(CC(C)(C)C)c1nc2ccccn2c1CO. The van der Waals surface area contributed by atoms with Gasteiger partial charge in [0.15, 0.2) is 5.82 Å². The number of imidazole rings is 1. The molecule has 0 bridgehead atoms. The number of aliphatic hydroxyl groups is 1. The van der Waals surface area contributed by atoms with E-state index >= 15 is 0 Å². The smallest absolute Gasteiger partial charge is 0.153 e. The molecule has 2 aromatic heterocycles. The van der Waals surface area contributed by atoms with E-state index < -0.39 is 0 Å². The minimum Gasteiger partial charge on any atom is -0.390 e. The predicted octanol–water partition coefficient (Wildman–Crippen LogP) is 2.31. The van der Waals surface area contributed by atoms with Crippen LogP contribution in [0.15, 0.2) is 24.4 Å². The largest absolute Gasteiger partial charge is 0.390 e. The second-order valence-electron chi connectivity index (χ2n) is 5.89. The Morgan fingerprint density at radius 2 is 2.06 bits per heavy atom. The van der Waals surface area contributed by atoms with Gasteiger partial charge in [-0.15, -0.1) is 0 Å². The van der Waals surface area contributed by atoms with Crippen molar-refractivity contribution in [3.63, 3.8) is 0 Å². The fourth-order valence-corrected chi connectivity index (χ4v) is 2.27. The molecule has 0 aromatic carbocycles. The van der Waals surface area contributed by atoms with Crippen molar-refractivity contribution in [1.82, 2.24) is 9.38 Å². The maximum Gasteiger partial charge on any atom is 0.153 e. The minimum absolute atomic E-state index is 0.00496. The average Bonchev–Trinajstić information content (AvgIpc) is 2.65. The zero-order valence-electron chi connectivity index (χ0n) is 11.5. The Morgan fingerprint density at radius 3 is 2.67 bits per heavy atom. The van der Waals surface area contributed by atoms with Crippen molar-refractivity contribution in [2.75, 3.05) is 18.5 Å². The monoisotopic (exact) mass is 247 g/mol. The molecule has 0 amide bonds. The summed E-state index contributed by atoms with van der Waals surface area (Å²) in [6.45, 7) is 7.46. The summed E-state index contributed by atoms with van der Waals surface area (Å²) in [6.07, 6.45) is 1.93. The van der Waals surface area contributed by atoms with E-state index in [4.69, 9.17) is 0 Å². The van der Waals surface area contributed by atoms with Crippen LogP contribution in [0, 0.1) is 5.41 Å². The fraction of sp³-hybridized carbons (Fsp3) is 0.500. The summed E-state index contributed by atoms with van der Waals surface area (Å²) in [5, 5.41) is 9.57. The Balaban J connectivity index is 2.44. The van der Waals surface area contributed by atoms with Crippen LogP contribution in [0.5, 0.6) is 0 Å². The van der Waals surface area contributed by atoms with Gasteiger partial charge in [-0.1, -0.05) is 26.8 Å². The Hall–Kier alpha value is -1.55. The first kappa shape index (κ1) is 12.9. The van der Waals surface area contributed by atoms with E-state index in [0.29, 0.717) is 0 Å². The minimum atomic E-state index is -0.00496. The Bertz CT molecular complexity index is 539. The molecule has 0 aliphatic heterocycles. The molecular formula is C14H21N3O. The summed E-state index contributed by atoms with van der Waals surface area (Å²) in [5.41, 5.74) is 1.91. The number of hydrogen-bond acceptors (Lipinski definition) is 3. The quantitative estimate of drug-likeness (QED) is 0.905. The van der Waals surface area contributed by atoms with Gasteiger partial charge in [0.1, 0.15) is 5.65 Å². The molecule has 4 heteroatoms. The first-order chi connectivity index (χ1) is 8.42. The van der Waals surface area contributed by atoms with Crippen LogP contribution in [0.3, 0.4) is 0 Å². The molecule has 0 radical (unpaired) electrons. The van der Waals surface area contributed by atoms with E-state index in [-0.39, 0.29) is 12.0 Å². The summed E-state index contributed by atoms with van der Waals surface area (Å²) in [7, 11) is 2.02. The van der Waals surface area contributed by atoms with E-state index in [1.165, 1.54) is 0 Å². The molecule has 18 heavy (non-hydrogen) atoms. The van der Waals surface area contributed by atoms with Crippen molar-refractivity contribution in [3.8, 4) is 0 Å². The van der Waals surface area contributed by atoms with Crippen LogP contribution in [0.1, 0.15) is 26.5 Å². The lowest BCUT2D eigenvalue weighted by atomic mass is 9.96. The van der Waals surface area contributed by atoms with Crippen LogP contribution < -0.4 is 4.90 Å². The van der Waals surface area contributed by atoms with Gasteiger partial charge in [0, 0.05) is 19.8 Å². The van der Waals surface area contributed by atoms with Gasteiger partial charge in [-0.05, 0) is 17.5 Å². The van der Waals surface area contributed by atoms with Gasteiger partial charge in [-0.3, -0.25) is 4.40 Å². The lowest BCUT2D eigenvalue weighted by Crippen LogP contribution is -2.30. The predicted molar refractivity (Wildman–Crippen MR) is 73.8 cm³/mol. The zero-order chi connectivity index (χ0) is 13.3. The number of aliphatic hydroxyl groups excluding tert-OH is 1. The van der Waals surface area contributed by atoms with Crippen LogP contribution in [-0.2, 0) is 6.61 Å². The standard InChI is InChI=1S/C14H21N3O/c1-14(2,3)10-16(4)13-11(9-18)17-8-6-5-7-12(17)15-13/h5-8,18H,9-10H2,1-4H3. The molecule has 98 valence electrons. The second kappa shape index (κ2) is 4.61. The molecule has 0 saturated carbocycles. The molecular weight excluding hydrogens is 226 g/mol. The third kappa shape index (κ3) is 2.48. The van der Waals surface area contributed by atoms with Crippen molar-refractivity contribution in [2.24, 2.45) is 5.41 Å². The lowest BCUT2D eigenvalue weighted by molar-refractivity contribution is 0.275. The summed E-state index contributed by atoms with van der Waals surface area (Å²) in [4.78, 5) is 6.71. The molecule has 0 spiro atoms. The van der Waals surface area contributed by atoms with Gasteiger partial charge in [0.05, 0.1) is 12.3 Å². The Morgan fingerprint density at radius 1 is 1.33 bits per heavy atom. The van der Waals surface area contributed by atoms with E-state index in [1.807, 2.05) is 35.8 Å². The normalized spacial score (nSPS) is 12.1. The van der Waals surface area contributed by atoms with E-state index in [2.05, 4.69) is 30.7 Å². The number of nitrogens with zero attached hydrogens (tertiary/aromatic N) is 3. The maximum absolute atomic E-state index is 9.57. The van der Waals surface area contributed by atoms with Gasteiger partial charge in [0.2, 0.25) is 0 Å². The molecule has 2 rings (SSSR count). The van der Waals surface area contributed by atoms with Gasteiger partial charge in [-0.25, -0.2) is 4.98 Å². The van der Waals surface area contributed by atoms with Crippen molar-refractivity contribution < 1.29 is 5.11 Å². The van der Waals surface area contributed by atoms with E-state index in [9.17, 15) is 5.11 Å². The molecule has 1 N–H and O–H groups in total. The van der Waals surface area contributed by atoms with Gasteiger partial charge >= 0.3 is 0 Å². The van der Waals surface area contributed by atoms with Crippen molar-refractivity contribution in [1.29, 1.82) is 0 Å². The average molecular weight is 247 g/mol. The molecule has 4 nitrogen and oxygen atoms in total. The molecule has 2 aromatic rings. The van der Waals surface area contributed by atoms with Crippen molar-refractivity contribution in [2.45, 2.75) is 27.4 Å². The van der Waals surface area contributed by atoms with Crippen molar-refractivity contribution >= 4 is 11.5 Å².